The van der Waals surface area contributed by atoms with Gasteiger partial charge in [0, 0.05) is 24.2 Å². The smallest absolute Gasteiger partial charge is 0.0451 e. The van der Waals surface area contributed by atoms with Gasteiger partial charge in [0.15, 0.2) is 0 Å². The van der Waals surface area contributed by atoms with E-state index < -0.39 is 0 Å². The second kappa shape index (κ2) is 7.13. The molecule has 0 aliphatic carbocycles. The van der Waals surface area contributed by atoms with E-state index in [0.717, 1.165) is 24.7 Å². The van der Waals surface area contributed by atoms with Gasteiger partial charge in [-0.1, -0.05) is 43.1 Å². The first-order valence-electron chi connectivity index (χ1n) is 6.99. The lowest BCUT2D eigenvalue weighted by atomic mass is 10.0. The maximum atomic E-state index is 6.25. The molecule has 0 radical (unpaired) electrons. The van der Waals surface area contributed by atoms with Crippen molar-refractivity contribution in [2.45, 2.75) is 38.8 Å². The molecule has 100 valence electrons. The molecule has 1 aromatic rings. The summed E-state index contributed by atoms with van der Waals surface area (Å²) in [6, 6.07) is 8.86. The normalized spacial score (nSPS) is 21.1. The van der Waals surface area contributed by atoms with Crippen LogP contribution in [0.5, 0.6) is 0 Å². The van der Waals surface area contributed by atoms with Crippen molar-refractivity contribution in [1.82, 2.24) is 10.2 Å². The first-order chi connectivity index (χ1) is 8.81. The Hall–Kier alpha value is -0.570. The minimum absolute atomic E-state index is 0.662. The van der Waals surface area contributed by atoms with E-state index in [2.05, 4.69) is 29.3 Å². The van der Waals surface area contributed by atoms with Crippen LogP contribution in [0.2, 0.25) is 5.02 Å². The average molecular weight is 267 g/mol. The quantitative estimate of drug-likeness (QED) is 0.880. The van der Waals surface area contributed by atoms with Crippen LogP contribution in [-0.2, 0) is 6.54 Å². The minimum atomic E-state index is 0.662. The van der Waals surface area contributed by atoms with Crippen LogP contribution >= 0.6 is 11.6 Å². The van der Waals surface area contributed by atoms with E-state index in [1.807, 2.05) is 12.1 Å². The van der Waals surface area contributed by atoms with Crippen molar-refractivity contribution in [3.63, 3.8) is 0 Å². The van der Waals surface area contributed by atoms with Gasteiger partial charge in [0.1, 0.15) is 0 Å². The second-order valence-corrected chi connectivity index (χ2v) is 5.43. The Bertz CT molecular complexity index is 367. The van der Waals surface area contributed by atoms with Crippen molar-refractivity contribution >= 4 is 11.6 Å². The molecule has 0 spiro atoms. The Balaban J connectivity index is 1.98. The fourth-order valence-electron chi connectivity index (χ4n) is 2.66. The summed E-state index contributed by atoms with van der Waals surface area (Å²) in [7, 11) is 0. The van der Waals surface area contributed by atoms with Crippen molar-refractivity contribution < 1.29 is 0 Å². The highest BCUT2D eigenvalue weighted by Gasteiger charge is 2.22. The molecule has 2 rings (SSSR count). The summed E-state index contributed by atoms with van der Waals surface area (Å²) < 4.78 is 0. The molecule has 3 heteroatoms. The number of benzene rings is 1. The number of hydrogen-bond acceptors (Lipinski definition) is 2. The summed E-state index contributed by atoms with van der Waals surface area (Å²) in [6.07, 6.45) is 3.97. The van der Waals surface area contributed by atoms with Crippen molar-refractivity contribution in [3.8, 4) is 0 Å². The number of nitrogens with zero attached hydrogens (tertiary/aromatic N) is 1. The predicted molar refractivity (Wildman–Crippen MR) is 78.0 cm³/mol. The Morgan fingerprint density at radius 2 is 2.17 bits per heavy atom. The summed E-state index contributed by atoms with van der Waals surface area (Å²) in [4.78, 5) is 2.58. The first kappa shape index (κ1) is 13.9. The maximum absolute atomic E-state index is 6.25. The van der Waals surface area contributed by atoms with Gasteiger partial charge >= 0.3 is 0 Å². The number of nitrogens with one attached hydrogen (secondary N) is 1. The topological polar surface area (TPSA) is 15.3 Å². The third kappa shape index (κ3) is 3.71. The van der Waals surface area contributed by atoms with Crippen LogP contribution < -0.4 is 5.32 Å². The summed E-state index contributed by atoms with van der Waals surface area (Å²) in [5.41, 5.74) is 1.25. The molecular weight excluding hydrogens is 244 g/mol. The predicted octanol–water partition coefficient (Wildman–Crippen LogP) is 3.30. The molecule has 1 fully saturated rings. The van der Waals surface area contributed by atoms with Gasteiger partial charge in [0.05, 0.1) is 0 Å². The Labute approximate surface area is 115 Å². The van der Waals surface area contributed by atoms with Crippen molar-refractivity contribution in [2.75, 3.05) is 19.6 Å². The SMILES string of the molecule is CCNCC1CCCCN1Cc1ccccc1Cl. The van der Waals surface area contributed by atoms with Gasteiger partial charge in [-0.2, -0.15) is 0 Å². The Morgan fingerprint density at radius 1 is 1.33 bits per heavy atom. The Kier molecular flexibility index (Phi) is 5.48. The van der Waals surface area contributed by atoms with E-state index in [-0.39, 0.29) is 0 Å². The molecule has 0 saturated carbocycles. The number of likely N-dealkylation sites (N-methyl/N-ethyl adjacent to an activating group) is 1. The standard InChI is InChI=1S/C15H23ClN2/c1-2-17-11-14-8-5-6-10-18(14)12-13-7-3-4-9-15(13)16/h3-4,7,9,14,17H,2,5-6,8,10-12H2,1H3. The van der Waals surface area contributed by atoms with Gasteiger partial charge in [0.2, 0.25) is 0 Å². The fourth-order valence-corrected chi connectivity index (χ4v) is 2.85. The van der Waals surface area contributed by atoms with E-state index in [1.165, 1.54) is 31.4 Å². The Morgan fingerprint density at radius 3 is 2.94 bits per heavy atom. The molecule has 0 aromatic heterocycles. The molecule has 1 aliphatic rings. The largest absolute Gasteiger partial charge is 0.315 e. The zero-order valence-electron chi connectivity index (χ0n) is 11.2. The van der Waals surface area contributed by atoms with Crippen LogP contribution in [0.25, 0.3) is 0 Å². The summed E-state index contributed by atoms with van der Waals surface area (Å²) in [6.45, 7) is 6.50. The molecule has 1 atom stereocenters. The number of piperidine rings is 1. The van der Waals surface area contributed by atoms with Gasteiger partial charge < -0.3 is 5.32 Å². The summed E-state index contributed by atoms with van der Waals surface area (Å²) in [5, 5.41) is 4.37. The van der Waals surface area contributed by atoms with Crippen molar-refractivity contribution in [2.24, 2.45) is 0 Å². The van der Waals surface area contributed by atoms with Crippen LogP contribution in [0.3, 0.4) is 0 Å². The molecular formula is C15H23ClN2. The van der Waals surface area contributed by atoms with Gasteiger partial charge in [-0.15, -0.1) is 0 Å². The highest BCUT2D eigenvalue weighted by atomic mass is 35.5. The molecule has 0 amide bonds. The molecule has 0 bridgehead atoms. The van der Waals surface area contributed by atoms with Crippen LogP contribution in [0.15, 0.2) is 24.3 Å². The number of likely N-dealkylation sites (tertiary alicyclic amines) is 1. The van der Waals surface area contributed by atoms with E-state index in [1.54, 1.807) is 0 Å². The van der Waals surface area contributed by atoms with Crippen LogP contribution in [-0.4, -0.2) is 30.6 Å². The van der Waals surface area contributed by atoms with E-state index in [4.69, 9.17) is 11.6 Å². The first-order valence-corrected chi connectivity index (χ1v) is 7.37. The fraction of sp³-hybridized carbons (Fsp3) is 0.600. The summed E-state index contributed by atoms with van der Waals surface area (Å²) >= 11 is 6.25. The van der Waals surface area contributed by atoms with Gasteiger partial charge in [-0.3, -0.25) is 4.90 Å². The highest BCUT2D eigenvalue weighted by molar-refractivity contribution is 6.31. The monoisotopic (exact) mass is 266 g/mol. The number of rotatable bonds is 5. The van der Waals surface area contributed by atoms with Crippen molar-refractivity contribution in [3.05, 3.63) is 34.9 Å². The van der Waals surface area contributed by atoms with Crippen LogP contribution in [0.1, 0.15) is 31.7 Å². The lowest BCUT2D eigenvalue weighted by Gasteiger charge is -2.36. The zero-order chi connectivity index (χ0) is 12.8. The van der Waals surface area contributed by atoms with E-state index >= 15 is 0 Å². The lowest BCUT2D eigenvalue weighted by Crippen LogP contribution is -2.44. The van der Waals surface area contributed by atoms with E-state index in [0.29, 0.717) is 6.04 Å². The third-order valence-electron chi connectivity index (χ3n) is 3.71. The third-order valence-corrected chi connectivity index (χ3v) is 4.08. The second-order valence-electron chi connectivity index (χ2n) is 5.02. The number of hydrogen-bond donors (Lipinski definition) is 1. The van der Waals surface area contributed by atoms with Gasteiger partial charge in [0.25, 0.3) is 0 Å². The molecule has 18 heavy (non-hydrogen) atoms. The molecule has 1 saturated heterocycles. The van der Waals surface area contributed by atoms with E-state index in [9.17, 15) is 0 Å². The molecule has 2 nitrogen and oxygen atoms in total. The van der Waals surface area contributed by atoms with Gasteiger partial charge in [-0.05, 0) is 37.6 Å². The zero-order valence-corrected chi connectivity index (χ0v) is 11.9. The molecule has 1 unspecified atom stereocenters. The average Bonchev–Trinajstić information content (AvgIpc) is 2.40. The highest BCUT2D eigenvalue weighted by Crippen LogP contribution is 2.22. The lowest BCUT2D eigenvalue weighted by molar-refractivity contribution is 0.138. The van der Waals surface area contributed by atoms with Gasteiger partial charge in [-0.25, -0.2) is 0 Å². The summed E-state index contributed by atoms with van der Waals surface area (Å²) in [5.74, 6) is 0. The van der Waals surface area contributed by atoms with Crippen LogP contribution in [0.4, 0.5) is 0 Å². The number of halogens is 1. The van der Waals surface area contributed by atoms with Crippen LogP contribution in [0, 0.1) is 0 Å². The molecule has 1 N–H and O–H groups in total. The molecule has 1 aliphatic heterocycles. The maximum Gasteiger partial charge on any atom is 0.0451 e. The minimum Gasteiger partial charge on any atom is -0.315 e. The molecule has 1 heterocycles. The van der Waals surface area contributed by atoms with Crippen molar-refractivity contribution in [1.29, 1.82) is 0 Å². The molecule has 1 aromatic carbocycles.